The molecule has 0 saturated carbocycles. The monoisotopic (exact) mass is 418 g/mol. The van der Waals surface area contributed by atoms with E-state index in [9.17, 15) is 9.59 Å². The summed E-state index contributed by atoms with van der Waals surface area (Å²) >= 11 is 3.02. The van der Waals surface area contributed by atoms with E-state index in [4.69, 9.17) is 9.47 Å². The number of thioether (sulfide) groups is 1. The molecule has 3 rings (SSSR count). The van der Waals surface area contributed by atoms with E-state index in [-0.39, 0.29) is 6.03 Å². The summed E-state index contributed by atoms with van der Waals surface area (Å²) in [6.45, 7) is 3.70. The van der Waals surface area contributed by atoms with Gasteiger partial charge in [0.2, 0.25) is 0 Å². The molecule has 8 heteroatoms. The van der Waals surface area contributed by atoms with Crippen LogP contribution < -0.4 is 13.9 Å². The topological polar surface area (TPSA) is 59.1 Å². The predicted octanol–water partition coefficient (Wildman–Crippen LogP) is 4.82. The number of amides is 2. The molecule has 0 fully saturated rings. The van der Waals surface area contributed by atoms with Crippen molar-refractivity contribution in [2.75, 3.05) is 29.1 Å². The van der Waals surface area contributed by atoms with Gasteiger partial charge in [0.25, 0.3) is 0 Å². The molecule has 0 bridgehead atoms. The summed E-state index contributed by atoms with van der Waals surface area (Å²) in [6, 6.07) is 13.2. The first-order valence-corrected chi connectivity index (χ1v) is 10.8. The van der Waals surface area contributed by atoms with Crippen LogP contribution in [0.1, 0.15) is 13.8 Å². The molecule has 0 spiro atoms. The second kappa shape index (κ2) is 8.79. The number of nitrogens with zero attached hydrogens (tertiary/aromatic N) is 2. The van der Waals surface area contributed by atoms with Gasteiger partial charge in [0, 0.05) is 18.0 Å². The van der Waals surface area contributed by atoms with Gasteiger partial charge >= 0.3 is 12.0 Å². The van der Waals surface area contributed by atoms with Crippen molar-refractivity contribution in [3.05, 3.63) is 42.5 Å². The Hall–Kier alpha value is -2.32. The molecule has 0 saturated heterocycles. The van der Waals surface area contributed by atoms with Gasteiger partial charge in [-0.15, -0.1) is 11.8 Å². The standard InChI is InChI=1S/C20H22N2O4S2/c1-5-25-19(23)13(2)26-15-8-11-18-17(12-15)21(3)20(24)22(28-18)14-6-9-16(27-4)10-7-14/h6-13H,5H2,1-4H3/t13-/m1/s1. The molecule has 0 N–H and O–H groups in total. The molecule has 0 aliphatic carbocycles. The zero-order chi connectivity index (χ0) is 20.3. The Balaban J connectivity index is 1.81. The lowest BCUT2D eigenvalue weighted by Gasteiger charge is -2.34. The van der Waals surface area contributed by atoms with Gasteiger partial charge in [-0.2, -0.15) is 0 Å². The number of rotatable bonds is 6. The van der Waals surface area contributed by atoms with Crippen LogP contribution in [0.4, 0.5) is 16.2 Å². The Kier molecular flexibility index (Phi) is 6.41. The number of carbonyl (C=O) groups is 2. The highest BCUT2D eigenvalue weighted by Gasteiger charge is 2.30. The largest absolute Gasteiger partial charge is 0.479 e. The molecule has 1 aliphatic rings. The first-order chi connectivity index (χ1) is 13.4. The molecule has 6 nitrogen and oxygen atoms in total. The molecular formula is C20H22N2O4S2. The number of anilines is 2. The second-order valence-electron chi connectivity index (χ2n) is 6.07. The Labute approximate surface area is 173 Å². The maximum atomic E-state index is 12.9. The molecule has 1 atom stereocenters. The van der Waals surface area contributed by atoms with Crippen LogP contribution >= 0.6 is 23.7 Å². The van der Waals surface area contributed by atoms with Crippen molar-refractivity contribution in [3.8, 4) is 5.75 Å². The summed E-state index contributed by atoms with van der Waals surface area (Å²) in [5.74, 6) is 0.0937. The molecule has 1 aliphatic heterocycles. The SMILES string of the molecule is CCOC(=O)[C@@H](C)Oc1ccc2c(c1)N(C)C(=O)N(c1ccc(SC)cc1)S2. The lowest BCUT2D eigenvalue weighted by atomic mass is 10.2. The van der Waals surface area contributed by atoms with E-state index in [0.717, 1.165) is 21.2 Å². The fraction of sp³-hybridized carbons (Fsp3) is 0.300. The Morgan fingerprint density at radius 3 is 2.57 bits per heavy atom. The van der Waals surface area contributed by atoms with E-state index in [1.54, 1.807) is 54.0 Å². The Bertz CT molecular complexity index is 873. The highest BCUT2D eigenvalue weighted by Crippen LogP contribution is 2.42. The van der Waals surface area contributed by atoms with E-state index in [1.165, 1.54) is 11.9 Å². The molecule has 148 valence electrons. The van der Waals surface area contributed by atoms with Crippen LogP contribution in [0.2, 0.25) is 0 Å². The quantitative estimate of drug-likeness (QED) is 0.381. The summed E-state index contributed by atoms with van der Waals surface area (Å²) in [5.41, 5.74) is 1.56. The van der Waals surface area contributed by atoms with E-state index >= 15 is 0 Å². The molecule has 2 aromatic carbocycles. The number of urea groups is 1. The number of hydrogen-bond acceptors (Lipinski definition) is 6. The summed E-state index contributed by atoms with van der Waals surface area (Å²) in [5, 5.41) is 0. The van der Waals surface area contributed by atoms with Crippen molar-refractivity contribution < 1.29 is 19.1 Å². The van der Waals surface area contributed by atoms with Crippen molar-refractivity contribution in [1.82, 2.24) is 0 Å². The van der Waals surface area contributed by atoms with E-state index in [2.05, 4.69) is 0 Å². The number of ether oxygens (including phenoxy) is 2. The lowest BCUT2D eigenvalue weighted by Crippen LogP contribution is -2.40. The molecule has 28 heavy (non-hydrogen) atoms. The Morgan fingerprint density at radius 2 is 1.93 bits per heavy atom. The van der Waals surface area contributed by atoms with E-state index in [1.807, 2.05) is 36.6 Å². The number of fused-ring (bicyclic) bond motifs is 1. The summed E-state index contributed by atoms with van der Waals surface area (Å²) < 4.78 is 12.3. The minimum atomic E-state index is -0.721. The zero-order valence-electron chi connectivity index (χ0n) is 16.2. The molecule has 2 aromatic rings. The number of carbonyl (C=O) groups excluding carboxylic acids is 2. The van der Waals surface area contributed by atoms with Crippen LogP contribution in [-0.2, 0) is 9.53 Å². The third-order valence-electron chi connectivity index (χ3n) is 4.18. The van der Waals surface area contributed by atoms with Gasteiger partial charge < -0.3 is 9.47 Å². The highest BCUT2D eigenvalue weighted by molar-refractivity contribution is 8.01. The predicted molar refractivity (Wildman–Crippen MR) is 114 cm³/mol. The van der Waals surface area contributed by atoms with Gasteiger partial charge in [0.15, 0.2) is 6.10 Å². The van der Waals surface area contributed by atoms with Crippen molar-refractivity contribution in [3.63, 3.8) is 0 Å². The minimum absolute atomic E-state index is 0.148. The van der Waals surface area contributed by atoms with Gasteiger partial charge in [-0.3, -0.25) is 4.90 Å². The van der Waals surface area contributed by atoms with Gasteiger partial charge in [0.05, 0.1) is 22.9 Å². The van der Waals surface area contributed by atoms with Gasteiger partial charge in [-0.1, -0.05) is 0 Å². The third kappa shape index (κ3) is 4.23. The van der Waals surface area contributed by atoms with Crippen LogP contribution in [0.25, 0.3) is 0 Å². The first kappa shape index (κ1) is 20.4. The fourth-order valence-corrected chi connectivity index (χ4v) is 4.13. The van der Waals surface area contributed by atoms with Gasteiger partial charge in [-0.25, -0.2) is 13.9 Å². The highest BCUT2D eigenvalue weighted by atomic mass is 32.2. The van der Waals surface area contributed by atoms with Crippen LogP contribution in [0, 0.1) is 0 Å². The van der Waals surface area contributed by atoms with Crippen LogP contribution in [0.15, 0.2) is 52.3 Å². The van der Waals surface area contributed by atoms with Gasteiger partial charge in [-0.05, 0) is 68.4 Å². The zero-order valence-corrected chi connectivity index (χ0v) is 17.8. The number of hydrogen-bond donors (Lipinski definition) is 0. The average molecular weight is 419 g/mol. The van der Waals surface area contributed by atoms with E-state index < -0.39 is 12.1 Å². The molecule has 1 heterocycles. The summed E-state index contributed by atoms with van der Waals surface area (Å²) in [7, 11) is 1.72. The molecule has 0 unspecified atom stereocenters. The molecule has 2 amide bonds. The van der Waals surface area contributed by atoms with Crippen molar-refractivity contribution in [1.29, 1.82) is 0 Å². The second-order valence-corrected chi connectivity index (χ2v) is 7.93. The van der Waals surface area contributed by atoms with Crippen molar-refractivity contribution in [2.45, 2.75) is 29.7 Å². The maximum Gasteiger partial charge on any atom is 0.347 e. The minimum Gasteiger partial charge on any atom is -0.479 e. The lowest BCUT2D eigenvalue weighted by molar-refractivity contribution is -0.150. The van der Waals surface area contributed by atoms with Crippen molar-refractivity contribution in [2.24, 2.45) is 0 Å². The van der Waals surface area contributed by atoms with Crippen LogP contribution in [0.5, 0.6) is 5.75 Å². The summed E-state index contributed by atoms with van der Waals surface area (Å²) in [4.78, 5) is 28.3. The van der Waals surface area contributed by atoms with Crippen molar-refractivity contribution >= 4 is 47.1 Å². The third-order valence-corrected chi connectivity index (χ3v) is 6.02. The smallest absolute Gasteiger partial charge is 0.347 e. The molecule has 0 aromatic heterocycles. The maximum absolute atomic E-state index is 12.9. The van der Waals surface area contributed by atoms with Crippen LogP contribution in [-0.4, -0.2) is 38.0 Å². The molecule has 0 radical (unpaired) electrons. The normalized spacial score (nSPS) is 14.5. The number of benzene rings is 2. The van der Waals surface area contributed by atoms with Gasteiger partial charge in [0.1, 0.15) is 5.75 Å². The Morgan fingerprint density at radius 1 is 1.21 bits per heavy atom. The fourth-order valence-electron chi connectivity index (χ4n) is 2.68. The van der Waals surface area contributed by atoms with E-state index in [0.29, 0.717) is 12.4 Å². The number of esters is 1. The molecular weight excluding hydrogens is 396 g/mol. The average Bonchev–Trinajstić information content (AvgIpc) is 2.71. The van der Waals surface area contributed by atoms with Crippen LogP contribution in [0.3, 0.4) is 0 Å². The summed E-state index contributed by atoms with van der Waals surface area (Å²) in [6.07, 6.45) is 1.30. The first-order valence-electron chi connectivity index (χ1n) is 8.81.